The lowest BCUT2D eigenvalue weighted by Crippen LogP contribution is -2.50. The molecule has 42 heteroatoms. The molecule has 720 valence electrons. The van der Waals surface area contributed by atoms with Crippen molar-refractivity contribution in [1.82, 2.24) is 74.1 Å². The van der Waals surface area contributed by atoms with Crippen LogP contribution in [0.1, 0.15) is 52.6 Å². The van der Waals surface area contributed by atoms with E-state index in [1.807, 2.05) is 104 Å². The van der Waals surface area contributed by atoms with Crippen molar-refractivity contribution in [3.63, 3.8) is 0 Å². The summed E-state index contributed by atoms with van der Waals surface area (Å²) in [7, 11) is -6.08. The molecule has 0 amide bonds. The number of pyridine rings is 3. The normalized spacial score (nSPS) is 15.6. The van der Waals surface area contributed by atoms with Crippen LogP contribution >= 0.6 is 45.6 Å². The maximum atomic E-state index is 15.3. The Balaban J connectivity index is 0.000000139. The summed E-state index contributed by atoms with van der Waals surface area (Å²) in [5, 5.41) is 19.7. The zero-order chi connectivity index (χ0) is 97.6. The van der Waals surface area contributed by atoms with E-state index in [1.54, 1.807) is 96.5 Å². The van der Waals surface area contributed by atoms with Crippen LogP contribution in [0.15, 0.2) is 263 Å². The molecular weight excluding hydrogens is 1940 g/mol. The lowest BCUT2D eigenvalue weighted by molar-refractivity contribution is -0.105. The molecule has 0 bridgehead atoms. The van der Waals surface area contributed by atoms with E-state index in [0.717, 1.165) is 116 Å². The van der Waals surface area contributed by atoms with E-state index in [4.69, 9.17) is 26.3 Å². The van der Waals surface area contributed by atoms with E-state index in [1.165, 1.54) is 86.6 Å². The fraction of sp³-hybridized carbons (Fsp3) is 0.245. The first kappa shape index (κ1) is 96.8. The molecular formula is C98H92ClF5N22O8S6. The zero-order valence-corrected chi connectivity index (χ0v) is 81.5. The SMILES string of the molecule is C=C(c1ccccc1)c1cc2cnc(Nc3ccc(N4CCNCC4C)c(F)c3)nc2n(Cc2ncsc2S(=O)CC(F)(F)F)c1=O.CN(c1ccccc1)c1cc2cnc(Nc3ccc(N4CCNCC4)c(Cl)c3)nc2n(Cc2scnc2S(=O)(=O)c2nccs2)c1=O.Cc1ccccc1Oc1cc2cnc(Nc3ccc(N4CCN5CCCC5C4)cc3)nc2n(Cc2c(F)cccc2S(C)=O)c1=O. The molecule has 4 unspecified atom stereocenters. The highest BCUT2D eigenvalue weighted by Gasteiger charge is 2.36. The molecule has 140 heavy (non-hydrogen) atoms. The lowest BCUT2D eigenvalue weighted by Gasteiger charge is -2.38. The van der Waals surface area contributed by atoms with Crippen molar-refractivity contribution < 1.29 is 43.5 Å². The van der Waals surface area contributed by atoms with E-state index in [-0.39, 0.29) is 90.9 Å². The van der Waals surface area contributed by atoms with Crippen LogP contribution < -0.4 is 67.6 Å². The van der Waals surface area contributed by atoms with Crippen LogP contribution in [0.3, 0.4) is 0 Å². The minimum atomic E-state index is -4.66. The summed E-state index contributed by atoms with van der Waals surface area (Å²) in [5.41, 5.74) is 10.2. The Morgan fingerprint density at radius 2 is 1.25 bits per heavy atom. The van der Waals surface area contributed by atoms with Gasteiger partial charge in [0.05, 0.1) is 79.2 Å². The van der Waals surface area contributed by atoms with Gasteiger partial charge in [0, 0.05) is 182 Å². The average molecular weight is 2030 g/mol. The van der Waals surface area contributed by atoms with Gasteiger partial charge in [-0.15, -0.1) is 34.0 Å². The van der Waals surface area contributed by atoms with Gasteiger partial charge in [0.1, 0.15) is 50.0 Å². The predicted molar refractivity (Wildman–Crippen MR) is 543 cm³/mol. The number of halogens is 6. The second-order valence-electron chi connectivity index (χ2n) is 33.6. The summed E-state index contributed by atoms with van der Waals surface area (Å²) in [6.07, 6.45) is 5.54. The van der Waals surface area contributed by atoms with Crippen molar-refractivity contribution in [2.75, 3.05) is 127 Å². The second kappa shape index (κ2) is 42.3. The van der Waals surface area contributed by atoms with Crippen molar-refractivity contribution in [1.29, 1.82) is 0 Å². The number of ether oxygens (including phenoxy) is 1. The van der Waals surface area contributed by atoms with Crippen molar-refractivity contribution in [2.45, 2.75) is 83.1 Å². The highest BCUT2D eigenvalue weighted by atomic mass is 35.5. The fourth-order valence-electron chi connectivity index (χ4n) is 17.3. The molecule has 7 aromatic carbocycles. The number of sulfone groups is 1. The van der Waals surface area contributed by atoms with Gasteiger partial charge in [-0.3, -0.25) is 41.4 Å². The van der Waals surface area contributed by atoms with Gasteiger partial charge in [0.25, 0.3) is 26.5 Å². The van der Waals surface area contributed by atoms with Gasteiger partial charge in [0.15, 0.2) is 10.8 Å². The van der Waals surface area contributed by atoms with E-state index >= 15 is 8.78 Å². The van der Waals surface area contributed by atoms with Crippen LogP contribution in [-0.2, 0) is 51.1 Å². The molecule has 20 rings (SSSR count). The van der Waals surface area contributed by atoms with Gasteiger partial charge in [0.2, 0.25) is 22.2 Å². The molecule has 30 nitrogen and oxygen atoms in total. The number of fused-ring (bicyclic) bond motifs is 4. The molecule has 0 saturated carbocycles. The molecule has 4 aliphatic heterocycles. The van der Waals surface area contributed by atoms with E-state index in [9.17, 15) is 44.4 Å². The Kier molecular flexibility index (Phi) is 29.2. The monoisotopic (exact) mass is 2030 g/mol. The molecule has 4 fully saturated rings. The second-order valence-corrected chi connectivity index (χ2v) is 41.7. The molecule has 0 aliphatic carbocycles. The quantitative estimate of drug-likeness (QED) is 0.0314. The number of anilines is 11. The van der Waals surface area contributed by atoms with Crippen LogP contribution in [-0.4, -0.2) is 190 Å². The van der Waals surface area contributed by atoms with Gasteiger partial charge in [-0.25, -0.2) is 47.1 Å². The van der Waals surface area contributed by atoms with Gasteiger partial charge in [-0.1, -0.05) is 91.0 Å². The number of thiazole rings is 3. The Hall–Kier alpha value is -13.5. The van der Waals surface area contributed by atoms with Crippen LogP contribution in [0.5, 0.6) is 11.5 Å². The van der Waals surface area contributed by atoms with Crippen LogP contribution in [0.25, 0.3) is 38.7 Å². The number of benzene rings is 7. The number of hydrogen-bond acceptors (Lipinski definition) is 30. The Labute approximate surface area is 822 Å². The molecule has 0 radical (unpaired) electrons. The number of rotatable bonds is 26. The fourth-order valence-corrected chi connectivity index (χ4v) is 23.8. The van der Waals surface area contributed by atoms with E-state index in [0.29, 0.717) is 94.5 Å². The molecule has 9 aromatic heterocycles. The van der Waals surface area contributed by atoms with E-state index < -0.39 is 66.1 Å². The summed E-state index contributed by atoms with van der Waals surface area (Å²) in [5.74, 6) is -1.35. The average Bonchev–Trinajstić information content (AvgIpc) is 1.25. The van der Waals surface area contributed by atoms with Crippen molar-refractivity contribution in [3.05, 3.63) is 310 Å². The topological polar surface area (TPSA) is 336 Å². The Bertz CT molecular complexity index is 7680. The zero-order valence-electron chi connectivity index (χ0n) is 75.8. The van der Waals surface area contributed by atoms with Crippen LogP contribution in [0, 0.1) is 18.6 Å². The third-order valence-corrected chi connectivity index (χ3v) is 32.3. The number of nitrogens with zero attached hydrogens (tertiary/aromatic N) is 17. The maximum Gasteiger partial charge on any atom is 0.400 e. The maximum absolute atomic E-state index is 15.3. The Morgan fingerprint density at radius 1 is 0.621 bits per heavy atom. The Morgan fingerprint density at radius 3 is 1.91 bits per heavy atom. The van der Waals surface area contributed by atoms with Gasteiger partial charge in [-0.05, 0) is 159 Å². The minimum Gasteiger partial charge on any atom is -0.451 e. The smallest absolute Gasteiger partial charge is 0.400 e. The summed E-state index contributed by atoms with van der Waals surface area (Å²) in [4.78, 5) is 93.9. The van der Waals surface area contributed by atoms with Crippen LogP contribution in [0.2, 0.25) is 5.02 Å². The number of aromatic nitrogens is 12. The lowest BCUT2D eigenvalue weighted by atomic mass is 10.00. The molecule has 16 aromatic rings. The predicted octanol–water partition coefficient (Wildman–Crippen LogP) is 16.7. The van der Waals surface area contributed by atoms with Crippen molar-refractivity contribution in [3.8, 4) is 11.5 Å². The minimum absolute atomic E-state index is 0.0515. The molecule has 13 heterocycles. The summed E-state index contributed by atoms with van der Waals surface area (Å²) in [6.45, 7) is 17.5. The third kappa shape index (κ3) is 21.6. The highest BCUT2D eigenvalue weighted by Crippen LogP contribution is 2.38. The first-order chi connectivity index (χ1) is 67.6. The summed E-state index contributed by atoms with van der Waals surface area (Å²) in [6, 6.07) is 54.6. The first-order valence-electron chi connectivity index (χ1n) is 44.6. The van der Waals surface area contributed by atoms with Crippen molar-refractivity contribution in [2.24, 2.45) is 0 Å². The summed E-state index contributed by atoms with van der Waals surface area (Å²) >= 11 is 9.67. The first-order valence-corrected chi connectivity index (χ1v) is 52.0. The molecule has 4 saturated heterocycles. The van der Waals surface area contributed by atoms with Gasteiger partial charge >= 0.3 is 6.18 Å². The summed E-state index contributed by atoms with van der Waals surface area (Å²) < 4.78 is 132. The van der Waals surface area contributed by atoms with Crippen molar-refractivity contribution >= 4 is 179 Å². The largest absolute Gasteiger partial charge is 0.451 e. The molecule has 4 atom stereocenters. The number of nitrogens with one attached hydrogen (secondary N) is 5. The third-order valence-electron chi connectivity index (χ3n) is 24.4. The van der Waals surface area contributed by atoms with E-state index in [2.05, 4.69) is 94.9 Å². The molecule has 5 N–H and O–H groups in total. The van der Waals surface area contributed by atoms with Gasteiger partial charge < -0.3 is 50.9 Å². The number of alkyl halides is 3. The number of piperazine rings is 3. The van der Waals surface area contributed by atoms with Crippen LogP contribution in [0.4, 0.5) is 85.3 Å². The van der Waals surface area contributed by atoms with Gasteiger partial charge in [-0.2, -0.15) is 28.1 Å². The standard InChI is InChI=1S/C35H35FN6O3S.C32H29F4N7O2S2.C31H28ClN9O3S3/c1-23-7-3-4-10-30(23)45-31-19-24-20-37-35(38-25-12-14-26(15-13-25)41-18-17-40-16-6-8-27(40)21-41)39-33(24)42(34(31)43)22-28-29(36)9-5-11-32(28)46(2)44;1-19-14-37-10-11-42(19)27-9-8-23(13-25(27)33)40-31-38-15-22-12-24(20(2)21-6-4-3-5-7-21)29(44)43(28(22)41-31)16-26-30(46-18-39-26)47(45)17-32(34,35)36;1-39(22-5-3-2-4-6-22)25-15-20-17-35-30(37-21-7-8-24(23(32)16-21)40-12-9-33-10-13-40)38-27(20)41(29(25)42)18-26-28(36-19-46-26)47(43,44)31-34-11-14-45-31/h3-5,7,9-15,19-20,27H,6,8,16-18,21-22H2,1-2H3,(H,37,38,39);3-9,12-13,15,18-19,37H,2,10-11,14,16-17H2,1H3,(H,38,40,41);2-8,11,14-17,19,33H,9-10,12-13,18H2,1H3,(H,35,37,38). The number of hydrogen-bond donors (Lipinski definition) is 5. The number of aryl methyl sites for hydroxylation is 1. The number of para-hydroxylation sites is 2. The molecule has 0 spiro atoms. The molecule has 4 aliphatic rings. The highest BCUT2D eigenvalue weighted by molar-refractivity contribution is 7.93.